The lowest BCUT2D eigenvalue weighted by atomic mass is 10.2. The highest BCUT2D eigenvalue weighted by atomic mass is 16.3. The number of amides is 2. The van der Waals surface area contributed by atoms with E-state index < -0.39 is 11.8 Å². The maximum atomic E-state index is 12.1. The van der Waals surface area contributed by atoms with Crippen LogP contribution >= 0.6 is 0 Å². The van der Waals surface area contributed by atoms with Crippen LogP contribution in [-0.2, 0) is 16.0 Å². The molecule has 0 aromatic carbocycles. The van der Waals surface area contributed by atoms with Crippen molar-refractivity contribution in [2.45, 2.75) is 32.6 Å². The molecule has 0 unspecified atom stereocenters. The molecule has 1 heterocycles. The monoisotopic (exact) mass is 307 g/mol. The zero-order valence-corrected chi connectivity index (χ0v) is 13.1. The quantitative estimate of drug-likeness (QED) is 0.521. The molecule has 2 amide bonds. The van der Waals surface area contributed by atoms with Crippen molar-refractivity contribution < 1.29 is 14.7 Å². The molecule has 122 valence electrons. The Labute approximate surface area is 131 Å². The van der Waals surface area contributed by atoms with Crippen LogP contribution in [0.15, 0.2) is 24.5 Å². The summed E-state index contributed by atoms with van der Waals surface area (Å²) in [6.45, 7) is 3.50. The highest BCUT2D eigenvalue weighted by Crippen LogP contribution is 2.01. The molecule has 1 rings (SSSR count). The molecule has 0 saturated heterocycles. The molecule has 0 fully saturated rings. The van der Waals surface area contributed by atoms with Crippen molar-refractivity contribution in [1.29, 1.82) is 0 Å². The third-order valence-corrected chi connectivity index (χ3v) is 3.40. The fraction of sp³-hybridized carbons (Fsp3) is 0.562. The predicted molar refractivity (Wildman–Crippen MR) is 84.1 cm³/mol. The number of carbonyl (C=O) groups excluding carboxylic acids is 2. The first kappa shape index (κ1) is 18.1. The molecular formula is C16H25N3O3. The molecule has 2 N–H and O–H groups in total. The molecule has 0 aliphatic carbocycles. The van der Waals surface area contributed by atoms with Crippen molar-refractivity contribution in [3.8, 4) is 0 Å². The van der Waals surface area contributed by atoms with E-state index in [-0.39, 0.29) is 6.61 Å². The highest BCUT2D eigenvalue weighted by Gasteiger charge is 2.19. The van der Waals surface area contributed by atoms with Crippen molar-refractivity contribution in [2.24, 2.45) is 0 Å². The van der Waals surface area contributed by atoms with Crippen LogP contribution in [0, 0.1) is 0 Å². The average molecular weight is 307 g/mol. The van der Waals surface area contributed by atoms with Gasteiger partial charge in [0.15, 0.2) is 0 Å². The van der Waals surface area contributed by atoms with E-state index in [0.29, 0.717) is 26.1 Å². The van der Waals surface area contributed by atoms with Crippen LogP contribution in [0.5, 0.6) is 0 Å². The van der Waals surface area contributed by atoms with Crippen LogP contribution in [0.1, 0.15) is 31.7 Å². The molecule has 0 aliphatic rings. The smallest absolute Gasteiger partial charge is 0.311 e. The number of hydrogen-bond donors (Lipinski definition) is 2. The Morgan fingerprint density at radius 1 is 1.23 bits per heavy atom. The Morgan fingerprint density at radius 2 is 1.95 bits per heavy atom. The third kappa shape index (κ3) is 6.67. The number of aliphatic hydroxyl groups excluding tert-OH is 1. The van der Waals surface area contributed by atoms with Gasteiger partial charge in [0.05, 0.1) is 0 Å². The van der Waals surface area contributed by atoms with Gasteiger partial charge < -0.3 is 15.3 Å². The van der Waals surface area contributed by atoms with Crippen LogP contribution in [0.4, 0.5) is 0 Å². The van der Waals surface area contributed by atoms with Crippen LogP contribution < -0.4 is 5.32 Å². The minimum atomic E-state index is -0.555. The van der Waals surface area contributed by atoms with Crippen molar-refractivity contribution in [1.82, 2.24) is 15.2 Å². The average Bonchev–Trinajstić information content (AvgIpc) is 2.55. The van der Waals surface area contributed by atoms with E-state index in [1.165, 1.54) is 0 Å². The lowest BCUT2D eigenvalue weighted by Gasteiger charge is -2.20. The molecule has 22 heavy (non-hydrogen) atoms. The minimum absolute atomic E-state index is 0.158. The van der Waals surface area contributed by atoms with Gasteiger partial charge in [-0.15, -0.1) is 0 Å². The molecule has 6 heteroatoms. The summed E-state index contributed by atoms with van der Waals surface area (Å²) in [5.74, 6) is -1.04. The summed E-state index contributed by atoms with van der Waals surface area (Å²) in [4.78, 5) is 29.4. The number of nitrogens with one attached hydrogen (secondary N) is 1. The number of pyridine rings is 1. The largest absolute Gasteiger partial charge is 0.396 e. The van der Waals surface area contributed by atoms with E-state index in [1.807, 2.05) is 19.1 Å². The molecule has 0 bridgehead atoms. The lowest BCUT2D eigenvalue weighted by Crippen LogP contribution is -2.44. The normalized spacial score (nSPS) is 10.3. The highest BCUT2D eigenvalue weighted by molar-refractivity contribution is 6.34. The van der Waals surface area contributed by atoms with Crippen molar-refractivity contribution in [3.05, 3.63) is 30.1 Å². The molecular weight excluding hydrogens is 282 g/mol. The van der Waals surface area contributed by atoms with Crippen LogP contribution in [0.2, 0.25) is 0 Å². The van der Waals surface area contributed by atoms with E-state index in [4.69, 9.17) is 5.11 Å². The fourth-order valence-corrected chi connectivity index (χ4v) is 2.05. The van der Waals surface area contributed by atoms with Crippen LogP contribution in [-0.4, -0.2) is 53.0 Å². The van der Waals surface area contributed by atoms with Crippen molar-refractivity contribution in [2.75, 3.05) is 26.2 Å². The Balaban J connectivity index is 2.34. The van der Waals surface area contributed by atoms with Crippen molar-refractivity contribution in [3.63, 3.8) is 0 Å². The lowest BCUT2D eigenvalue weighted by molar-refractivity contribution is -0.145. The molecule has 0 atom stereocenters. The Hall–Kier alpha value is -1.95. The third-order valence-electron chi connectivity index (χ3n) is 3.40. The van der Waals surface area contributed by atoms with Crippen molar-refractivity contribution >= 4 is 11.8 Å². The SMILES string of the molecule is CCN(CCc1ccncc1)C(=O)C(=O)NCCCCCO. The van der Waals surface area contributed by atoms with Gasteiger partial charge in [0.2, 0.25) is 0 Å². The summed E-state index contributed by atoms with van der Waals surface area (Å²) in [5.41, 5.74) is 1.09. The molecule has 1 aromatic rings. The van der Waals surface area contributed by atoms with Gasteiger partial charge in [-0.3, -0.25) is 14.6 Å². The first-order valence-electron chi connectivity index (χ1n) is 7.76. The van der Waals surface area contributed by atoms with Gasteiger partial charge in [-0.05, 0) is 50.3 Å². The Kier molecular flexibility index (Phi) is 8.83. The van der Waals surface area contributed by atoms with Crippen LogP contribution in [0.25, 0.3) is 0 Å². The predicted octanol–water partition coefficient (Wildman–Crippen LogP) is 0.751. The summed E-state index contributed by atoms with van der Waals surface area (Å²) in [6.07, 6.45) is 6.45. The van der Waals surface area contributed by atoms with Gasteiger partial charge in [-0.1, -0.05) is 0 Å². The second kappa shape index (κ2) is 10.7. The van der Waals surface area contributed by atoms with E-state index in [2.05, 4.69) is 10.3 Å². The summed E-state index contributed by atoms with van der Waals surface area (Å²) in [7, 11) is 0. The standard InChI is InChI=1S/C16H25N3O3/c1-2-19(12-8-14-6-10-17-11-7-14)16(22)15(21)18-9-4-3-5-13-20/h6-7,10-11,20H,2-5,8-9,12-13H2,1H3,(H,18,21). The van der Waals surface area contributed by atoms with Gasteiger partial charge in [0.25, 0.3) is 0 Å². The number of unbranched alkanes of at least 4 members (excludes halogenated alkanes) is 2. The van der Waals surface area contributed by atoms with Gasteiger partial charge >= 0.3 is 11.8 Å². The molecule has 1 aromatic heterocycles. The number of likely N-dealkylation sites (N-methyl/N-ethyl adjacent to an activating group) is 1. The van der Waals surface area contributed by atoms with Crippen LogP contribution in [0.3, 0.4) is 0 Å². The first-order chi connectivity index (χ1) is 10.7. The minimum Gasteiger partial charge on any atom is -0.396 e. The van der Waals surface area contributed by atoms with Gasteiger partial charge in [0.1, 0.15) is 0 Å². The molecule has 0 radical (unpaired) electrons. The number of aromatic nitrogens is 1. The van der Waals surface area contributed by atoms with E-state index >= 15 is 0 Å². The summed E-state index contributed by atoms with van der Waals surface area (Å²) in [6, 6.07) is 3.80. The zero-order chi connectivity index (χ0) is 16.2. The van der Waals surface area contributed by atoms with E-state index in [1.54, 1.807) is 17.3 Å². The number of carbonyl (C=O) groups is 2. The summed E-state index contributed by atoms with van der Waals surface area (Å²) < 4.78 is 0. The number of rotatable bonds is 9. The zero-order valence-electron chi connectivity index (χ0n) is 13.1. The van der Waals surface area contributed by atoms with Gasteiger partial charge in [-0.2, -0.15) is 0 Å². The Morgan fingerprint density at radius 3 is 2.59 bits per heavy atom. The number of hydrogen-bond acceptors (Lipinski definition) is 4. The Bertz CT molecular complexity index is 451. The van der Waals surface area contributed by atoms with Gasteiger partial charge in [-0.25, -0.2) is 0 Å². The number of nitrogens with zero attached hydrogens (tertiary/aromatic N) is 2. The van der Waals surface area contributed by atoms with E-state index in [9.17, 15) is 9.59 Å². The second-order valence-corrected chi connectivity index (χ2v) is 5.03. The molecule has 0 aliphatic heterocycles. The maximum absolute atomic E-state index is 12.1. The maximum Gasteiger partial charge on any atom is 0.311 e. The molecule has 0 spiro atoms. The summed E-state index contributed by atoms with van der Waals surface area (Å²) in [5, 5.41) is 11.3. The first-order valence-corrected chi connectivity index (χ1v) is 7.76. The van der Waals surface area contributed by atoms with E-state index in [0.717, 1.165) is 24.8 Å². The summed E-state index contributed by atoms with van der Waals surface area (Å²) >= 11 is 0. The number of aliphatic hydroxyl groups is 1. The molecule has 0 saturated carbocycles. The van der Waals surface area contributed by atoms with Gasteiger partial charge in [0, 0.05) is 38.6 Å². The second-order valence-electron chi connectivity index (χ2n) is 5.03. The topological polar surface area (TPSA) is 82.5 Å². The molecule has 6 nitrogen and oxygen atoms in total. The fourth-order valence-electron chi connectivity index (χ4n) is 2.05.